The van der Waals surface area contributed by atoms with Gasteiger partial charge in [-0.3, -0.25) is 4.79 Å². The third-order valence-corrected chi connectivity index (χ3v) is 4.41. The molecule has 2 aromatic carbocycles. The van der Waals surface area contributed by atoms with Crippen LogP contribution in [0.25, 0.3) is 0 Å². The second kappa shape index (κ2) is 7.05. The molecule has 132 valence electrons. The average Bonchev–Trinajstić information content (AvgIpc) is 2.60. The third-order valence-electron chi connectivity index (χ3n) is 4.41. The van der Waals surface area contributed by atoms with Gasteiger partial charge in [-0.15, -0.1) is 0 Å². The first-order valence-corrected chi connectivity index (χ1v) is 8.44. The molecule has 1 amide bonds. The molecule has 0 radical (unpaired) electrons. The zero-order chi connectivity index (χ0) is 18.0. The Morgan fingerprint density at radius 1 is 1.08 bits per heavy atom. The molecule has 0 aromatic heterocycles. The fourth-order valence-corrected chi connectivity index (χ4v) is 2.97. The highest BCUT2D eigenvalue weighted by molar-refractivity contribution is 5.96. The van der Waals surface area contributed by atoms with E-state index in [2.05, 4.69) is 10.2 Å². The summed E-state index contributed by atoms with van der Waals surface area (Å²) in [5, 5.41) is 3.00. The van der Waals surface area contributed by atoms with Crippen molar-refractivity contribution in [2.24, 2.45) is 0 Å². The Balaban J connectivity index is 1.73. The minimum absolute atomic E-state index is 0.0475. The topological polar surface area (TPSA) is 50.8 Å². The van der Waals surface area contributed by atoms with E-state index in [0.29, 0.717) is 19.0 Å². The molecule has 1 heterocycles. The maximum atomic E-state index is 12.6. The molecule has 5 nitrogen and oxygen atoms in total. The molecule has 0 saturated carbocycles. The lowest BCUT2D eigenvalue weighted by Gasteiger charge is -2.21. The average molecular weight is 340 g/mol. The Bertz CT molecular complexity index is 787. The maximum Gasteiger partial charge on any atom is 0.231 e. The molecule has 1 unspecified atom stereocenters. The standard InChI is InChI=1S/C20H24N2O3/c1-13-11-16(6-7-17(13)22(3)4)21-20(23)14(2)15-5-8-18-19(12-15)25-10-9-24-18/h5-8,11-12,14H,9-10H2,1-4H3,(H,21,23). The summed E-state index contributed by atoms with van der Waals surface area (Å²) in [4.78, 5) is 14.7. The van der Waals surface area contributed by atoms with E-state index >= 15 is 0 Å². The lowest BCUT2D eigenvalue weighted by Crippen LogP contribution is -2.20. The van der Waals surface area contributed by atoms with Crippen LogP contribution in [0.2, 0.25) is 0 Å². The fraction of sp³-hybridized carbons (Fsp3) is 0.350. The summed E-state index contributed by atoms with van der Waals surface area (Å²) in [6.45, 7) is 5.02. The number of hydrogen-bond acceptors (Lipinski definition) is 4. The molecule has 1 aliphatic rings. The predicted octanol–water partition coefficient (Wildman–Crippen LogP) is 3.57. The number of nitrogens with one attached hydrogen (secondary N) is 1. The van der Waals surface area contributed by atoms with Crippen LogP contribution < -0.4 is 19.7 Å². The summed E-state index contributed by atoms with van der Waals surface area (Å²) >= 11 is 0. The highest BCUT2D eigenvalue weighted by atomic mass is 16.6. The molecule has 25 heavy (non-hydrogen) atoms. The summed E-state index contributed by atoms with van der Waals surface area (Å²) < 4.78 is 11.1. The molecule has 2 aromatic rings. The molecule has 0 fully saturated rings. The molecular formula is C20H24N2O3. The van der Waals surface area contributed by atoms with Gasteiger partial charge in [-0.1, -0.05) is 6.07 Å². The number of aryl methyl sites for hydroxylation is 1. The second-order valence-corrected chi connectivity index (χ2v) is 6.51. The number of carbonyl (C=O) groups is 1. The van der Waals surface area contributed by atoms with Gasteiger partial charge in [-0.2, -0.15) is 0 Å². The lowest BCUT2D eigenvalue weighted by molar-refractivity contribution is -0.117. The summed E-state index contributed by atoms with van der Waals surface area (Å²) in [6, 6.07) is 11.6. The number of rotatable bonds is 4. The number of ether oxygens (including phenoxy) is 2. The van der Waals surface area contributed by atoms with Crippen LogP contribution in [-0.4, -0.2) is 33.2 Å². The van der Waals surface area contributed by atoms with Crippen LogP contribution in [0.3, 0.4) is 0 Å². The first-order valence-electron chi connectivity index (χ1n) is 8.44. The van der Waals surface area contributed by atoms with Gasteiger partial charge >= 0.3 is 0 Å². The van der Waals surface area contributed by atoms with E-state index in [-0.39, 0.29) is 11.8 Å². The van der Waals surface area contributed by atoms with Crippen LogP contribution in [0.1, 0.15) is 24.0 Å². The summed E-state index contributed by atoms with van der Waals surface area (Å²) in [6.07, 6.45) is 0. The minimum atomic E-state index is -0.287. The van der Waals surface area contributed by atoms with Crippen molar-refractivity contribution in [2.45, 2.75) is 19.8 Å². The first kappa shape index (κ1) is 17.1. The minimum Gasteiger partial charge on any atom is -0.486 e. The normalized spacial score (nSPS) is 13.9. The van der Waals surface area contributed by atoms with Crippen molar-refractivity contribution in [1.29, 1.82) is 0 Å². The molecule has 0 saturated heterocycles. The molecule has 0 spiro atoms. The molecular weight excluding hydrogens is 316 g/mol. The van der Waals surface area contributed by atoms with E-state index in [1.807, 2.05) is 64.3 Å². The molecule has 0 aliphatic carbocycles. The molecule has 1 aliphatic heterocycles. The smallest absolute Gasteiger partial charge is 0.231 e. The molecule has 1 N–H and O–H groups in total. The molecule has 1 atom stereocenters. The Morgan fingerprint density at radius 3 is 2.48 bits per heavy atom. The van der Waals surface area contributed by atoms with Crippen LogP contribution in [0, 0.1) is 6.92 Å². The number of amides is 1. The molecule has 5 heteroatoms. The quantitative estimate of drug-likeness (QED) is 0.924. The van der Waals surface area contributed by atoms with Crippen molar-refractivity contribution in [3.63, 3.8) is 0 Å². The Kier molecular flexibility index (Phi) is 4.83. The summed E-state index contributed by atoms with van der Waals surface area (Å²) in [5.74, 6) is 1.10. The SMILES string of the molecule is Cc1cc(NC(=O)C(C)c2ccc3c(c2)OCCO3)ccc1N(C)C. The number of fused-ring (bicyclic) bond motifs is 1. The van der Waals surface area contributed by atoms with E-state index < -0.39 is 0 Å². The van der Waals surface area contributed by atoms with Crippen molar-refractivity contribution in [3.8, 4) is 11.5 Å². The van der Waals surface area contributed by atoms with E-state index in [1.54, 1.807) is 0 Å². The Labute approximate surface area is 148 Å². The van der Waals surface area contributed by atoms with E-state index in [4.69, 9.17) is 9.47 Å². The van der Waals surface area contributed by atoms with Crippen LogP contribution in [-0.2, 0) is 4.79 Å². The first-order chi connectivity index (χ1) is 12.0. The number of anilines is 2. The molecule has 3 rings (SSSR count). The zero-order valence-corrected chi connectivity index (χ0v) is 15.1. The van der Waals surface area contributed by atoms with Gasteiger partial charge < -0.3 is 19.7 Å². The van der Waals surface area contributed by atoms with Crippen LogP contribution in [0.15, 0.2) is 36.4 Å². The number of carbonyl (C=O) groups excluding carboxylic acids is 1. The highest BCUT2D eigenvalue weighted by Crippen LogP contribution is 2.33. The third kappa shape index (κ3) is 3.71. The van der Waals surface area contributed by atoms with Gasteiger partial charge in [0.1, 0.15) is 13.2 Å². The molecule has 0 bridgehead atoms. The van der Waals surface area contributed by atoms with Gasteiger partial charge in [0.05, 0.1) is 5.92 Å². The predicted molar refractivity (Wildman–Crippen MR) is 100.0 cm³/mol. The van der Waals surface area contributed by atoms with Crippen molar-refractivity contribution < 1.29 is 14.3 Å². The van der Waals surface area contributed by atoms with E-state index in [1.165, 1.54) is 0 Å². The number of nitrogens with zero attached hydrogens (tertiary/aromatic N) is 1. The van der Waals surface area contributed by atoms with Gasteiger partial charge in [-0.05, 0) is 55.3 Å². The van der Waals surface area contributed by atoms with Crippen molar-refractivity contribution in [2.75, 3.05) is 37.5 Å². The van der Waals surface area contributed by atoms with Crippen molar-refractivity contribution in [3.05, 3.63) is 47.5 Å². The Hall–Kier alpha value is -2.69. The Morgan fingerprint density at radius 2 is 1.80 bits per heavy atom. The zero-order valence-electron chi connectivity index (χ0n) is 15.1. The fourth-order valence-electron chi connectivity index (χ4n) is 2.97. The van der Waals surface area contributed by atoms with Crippen molar-refractivity contribution in [1.82, 2.24) is 0 Å². The van der Waals surface area contributed by atoms with Gasteiger partial charge in [-0.25, -0.2) is 0 Å². The van der Waals surface area contributed by atoms with Crippen molar-refractivity contribution >= 4 is 17.3 Å². The van der Waals surface area contributed by atoms with Gasteiger partial charge in [0.15, 0.2) is 11.5 Å². The van der Waals surface area contributed by atoms with Crippen LogP contribution >= 0.6 is 0 Å². The lowest BCUT2D eigenvalue weighted by atomic mass is 9.99. The van der Waals surface area contributed by atoms with Gasteiger partial charge in [0, 0.05) is 25.5 Å². The largest absolute Gasteiger partial charge is 0.486 e. The monoisotopic (exact) mass is 340 g/mol. The maximum absolute atomic E-state index is 12.6. The van der Waals surface area contributed by atoms with Gasteiger partial charge in [0.2, 0.25) is 5.91 Å². The van der Waals surface area contributed by atoms with E-state index in [0.717, 1.165) is 28.3 Å². The number of hydrogen-bond donors (Lipinski definition) is 1. The highest BCUT2D eigenvalue weighted by Gasteiger charge is 2.19. The van der Waals surface area contributed by atoms with E-state index in [9.17, 15) is 4.79 Å². The van der Waals surface area contributed by atoms with Gasteiger partial charge in [0.25, 0.3) is 0 Å². The van der Waals surface area contributed by atoms with Crippen LogP contribution in [0.4, 0.5) is 11.4 Å². The van der Waals surface area contributed by atoms with Crippen LogP contribution in [0.5, 0.6) is 11.5 Å². The number of benzene rings is 2. The summed E-state index contributed by atoms with van der Waals surface area (Å²) in [5.41, 5.74) is 3.97. The summed E-state index contributed by atoms with van der Waals surface area (Å²) in [7, 11) is 4.01. The second-order valence-electron chi connectivity index (χ2n) is 6.51.